The van der Waals surface area contributed by atoms with E-state index < -0.39 is 29.1 Å². The SMILES string of the molecule is O=C1C[C@@H](c2cccc(Cl)c2)C2(C(=O)Nc3cc(Cl)ccc32)[C@@H](c2cc(Cl)ccc2Oc2ccc(C(F)(F)F)cc2)N1. The van der Waals surface area contributed by atoms with Crippen LogP contribution in [0.1, 0.15) is 40.6 Å². The number of hydrogen-bond acceptors (Lipinski definition) is 3. The van der Waals surface area contributed by atoms with Gasteiger partial charge in [0.15, 0.2) is 0 Å². The molecule has 214 valence electrons. The van der Waals surface area contributed by atoms with E-state index in [1.54, 1.807) is 54.6 Å². The van der Waals surface area contributed by atoms with Crippen molar-refractivity contribution in [1.29, 1.82) is 0 Å². The highest BCUT2D eigenvalue weighted by molar-refractivity contribution is 6.31. The number of rotatable bonds is 4. The van der Waals surface area contributed by atoms with E-state index >= 15 is 0 Å². The van der Waals surface area contributed by atoms with Gasteiger partial charge in [-0.25, -0.2) is 0 Å². The lowest BCUT2D eigenvalue weighted by molar-refractivity contribution is -0.137. The van der Waals surface area contributed by atoms with Crippen LogP contribution in [0, 0.1) is 0 Å². The normalized spacial score (nSPS) is 21.6. The molecular weight excluding hydrogens is 612 g/mol. The molecule has 1 unspecified atom stereocenters. The molecular formula is C31H20Cl3F3N2O3. The van der Waals surface area contributed by atoms with Crippen LogP contribution in [-0.4, -0.2) is 11.8 Å². The van der Waals surface area contributed by atoms with Gasteiger partial charge in [0.25, 0.3) is 0 Å². The maximum Gasteiger partial charge on any atom is 0.416 e. The molecule has 5 nitrogen and oxygen atoms in total. The predicted molar refractivity (Wildman–Crippen MR) is 154 cm³/mol. The van der Waals surface area contributed by atoms with E-state index in [9.17, 15) is 22.8 Å². The van der Waals surface area contributed by atoms with Crippen LogP contribution >= 0.6 is 34.8 Å². The third-order valence-electron chi connectivity index (χ3n) is 7.69. The van der Waals surface area contributed by atoms with E-state index in [4.69, 9.17) is 39.5 Å². The maximum absolute atomic E-state index is 14.2. The highest BCUT2D eigenvalue weighted by Crippen LogP contribution is 2.59. The Morgan fingerprint density at radius 3 is 2.24 bits per heavy atom. The Bertz CT molecular complexity index is 1730. The highest BCUT2D eigenvalue weighted by atomic mass is 35.5. The molecule has 42 heavy (non-hydrogen) atoms. The summed E-state index contributed by atoms with van der Waals surface area (Å²) >= 11 is 19.1. The average molecular weight is 632 g/mol. The summed E-state index contributed by atoms with van der Waals surface area (Å²) in [5.41, 5.74) is -0.0957. The molecule has 3 atom stereocenters. The molecule has 4 aromatic rings. The average Bonchev–Trinajstić information content (AvgIpc) is 3.21. The Labute approximate surface area is 253 Å². The van der Waals surface area contributed by atoms with Gasteiger partial charge in [0.1, 0.15) is 16.9 Å². The van der Waals surface area contributed by atoms with Crippen molar-refractivity contribution in [2.75, 3.05) is 5.32 Å². The van der Waals surface area contributed by atoms with Crippen molar-refractivity contribution in [3.8, 4) is 11.5 Å². The molecule has 2 heterocycles. The molecule has 1 fully saturated rings. The first kappa shape index (κ1) is 28.4. The lowest BCUT2D eigenvalue weighted by atomic mass is 9.59. The summed E-state index contributed by atoms with van der Waals surface area (Å²) < 4.78 is 45.5. The standard InChI is InChI=1S/C31H20Cl3F3N2O3/c32-18-3-1-2-16(12-18)24-15-27(40)39-28(30(24)23-10-6-20(34)14-25(23)38-29(30)41)22-13-19(33)7-11-26(22)42-21-8-4-17(5-9-21)31(35,36)37/h1-14,24,28H,15H2,(H,38,41)(H,39,40)/t24-,28+,30?/m0/s1. The molecule has 0 aromatic heterocycles. The van der Waals surface area contributed by atoms with Crippen molar-refractivity contribution >= 4 is 52.3 Å². The Hall–Kier alpha value is -3.72. The number of nitrogens with one attached hydrogen (secondary N) is 2. The number of amides is 2. The molecule has 11 heteroatoms. The summed E-state index contributed by atoms with van der Waals surface area (Å²) in [7, 11) is 0. The fraction of sp³-hybridized carbons (Fsp3) is 0.161. The van der Waals surface area contributed by atoms with Gasteiger partial charge in [-0.05, 0) is 77.9 Å². The van der Waals surface area contributed by atoms with E-state index in [-0.39, 0.29) is 29.7 Å². The first-order chi connectivity index (χ1) is 20.0. The number of carbonyl (C=O) groups excluding carboxylic acids is 2. The van der Waals surface area contributed by atoms with Crippen molar-refractivity contribution in [1.82, 2.24) is 5.32 Å². The third-order valence-corrected chi connectivity index (χ3v) is 8.40. The van der Waals surface area contributed by atoms with E-state index in [1.807, 2.05) is 6.07 Å². The summed E-state index contributed by atoms with van der Waals surface area (Å²) in [6, 6.07) is 19.9. The minimum atomic E-state index is -4.51. The number of carbonyl (C=O) groups is 2. The van der Waals surface area contributed by atoms with Crippen LogP contribution in [0.2, 0.25) is 15.1 Å². The number of alkyl halides is 3. The molecule has 2 amide bonds. The smallest absolute Gasteiger partial charge is 0.416 e. The number of fused-ring (bicyclic) bond motifs is 2. The number of hydrogen-bond donors (Lipinski definition) is 2. The zero-order valence-electron chi connectivity index (χ0n) is 21.4. The first-order valence-corrected chi connectivity index (χ1v) is 13.9. The zero-order valence-corrected chi connectivity index (χ0v) is 23.7. The van der Waals surface area contributed by atoms with E-state index in [0.29, 0.717) is 37.4 Å². The molecule has 2 N–H and O–H groups in total. The largest absolute Gasteiger partial charge is 0.457 e. The van der Waals surface area contributed by atoms with Crippen molar-refractivity contribution in [3.05, 3.63) is 122 Å². The minimum Gasteiger partial charge on any atom is -0.457 e. The molecule has 6 rings (SSSR count). The molecule has 4 aromatic carbocycles. The summed E-state index contributed by atoms with van der Waals surface area (Å²) in [6.07, 6.45) is -4.54. The van der Waals surface area contributed by atoms with Crippen LogP contribution in [0.15, 0.2) is 84.9 Å². The van der Waals surface area contributed by atoms with Crippen LogP contribution in [0.4, 0.5) is 18.9 Å². The van der Waals surface area contributed by atoms with Crippen molar-refractivity contribution in [3.63, 3.8) is 0 Å². The molecule has 0 bridgehead atoms. The van der Waals surface area contributed by atoms with E-state index in [1.165, 1.54) is 12.1 Å². The Kier molecular flexibility index (Phi) is 7.12. The quantitative estimate of drug-likeness (QED) is 0.237. The third kappa shape index (κ3) is 4.87. The van der Waals surface area contributed by atoms with E-state index in [0.717, 1.165) is 12.1 Å². The van der Waals surface area contributed by atoms with Gasteiger partial charge in [-0.2, -0.15) is 13.2 Å². The monoisotopic (exact) mass is 630 g/mol. The molecule has 0 radical (unpaired) electrons. The molecule has 1 spiro atoms. The fourth-order valence-corrected chi connectivity index (χ4v) is 6.50. The molecule has 2 aliphatic heterocycles. The maximum atomic E-state index is 14.2. The summed E-state index contributed by atoms with van der Waals surface area (Å²) in [5, 5.41) is 7.09. The van der Waals surface area contributed by atoms with E-state index in [2.05, 4.69) is 10.6 Å². The number of halogens is 6. The van der Waals surface area contributed by atoms with Crippen LogP contribution in [0.5, 0.6) is 11.5 Å². The molecule has 1 saturated heterocycles. The number of anilines is 1. The number of piperidine rings is 1. The second kappa shape index (κ2) is 10.5. The van der Waals surface area contributed by atoms with Crippen molar-refractivity contribution in [2.45, 2.75) is 30.0 Å². The lowest BCUT2D eigenvalue weighted by Crippen LogP contribution is -2.56. The fourth-order valence-electron chi connectivity index (χ4n) is 5.95. The predicted octanol–water partition coefficient (Wildman–Crippen LogP) is 8.69. The lowest BCUT2D eigenvalue weighted by Gasteiger charge is -2.46. The minimum absolute atomic E-state index is 0.0258. The van der Waals surface area contributed by atoms with Gasteiger partial charge >= 0.3 is 6.18 Å². The zero-order chi connectivity index (χ0) is 29.8. The summed E-state index contributed by atoms with van der Waals surface area (Å²) in [4.78, 5) is 27.6. The van der Waals surface area contributed by atoms with Crippen molar-refractivity contribution < 1.29 is 27.5 Å². The molecule has 0 aliphatic carbocycles. The van der Waals surface area contributed by atoms with Crippen LogP contribution in [0.25, 0.3) is 0 Å². The summed E-state index contributed by atoms with van der Waals surface area (Å²) in [5.74, 6) is -1.06. The Morgan fingerprint density at radius 2 is 1.52 bits per heavy atom. The number of ether oxygens (including phenoxy) is 1. The van der Waals surface area contributed by atoms with Crippen LogP contribution in [0.3, 0.4) is 0 Å². The van der Waals surface area contributed by atoms with Crippen molar-refractivity contribution in [2.24, 2.45) is 0 Å². The second-order valence-electron chi connectivity index (χ2n) is 10.1. The first-order valence-electron chi connectivity index (χ1n) is 12.8. The Balaban J connectivity index is 1.55. The molecule has 0 saturated carbocycles. The number of benzene rings is 4. The van der Waals surface area contributed by atoms with Crippen LogP contribution < -0.4 is 15.4 Å². The van der Waals surface area contributed by atoms with Gasteiger partial charge in [0.05, 0.1) is 11.6 Å². The van der Waals surface area contributed by atoms with Gasteiger partial charge in [-0.3, -0.25) is 9.59 Å². The topological polar surface area (TPSA) is 67.4 Å². The highest BCUT2D eigenvalue weighted by Gasteiger charge is 2.61. The summed E-state index contributed by atoms with van der Waals surface area (Å²) in [6.45, 7) is 0. The van der Waals surface area contributed by atoms with Gasteiger partial charge in [-0.15, -0.1) is 0 Å². The van der Waals surface area contributed by atoms with Gasteiger partial charge in [-0.1, -0.05) is 53.0 Å². The Morgan fingerprint density at radius 1 is 0.833 bits per heavy atom. The van der Waals surface area contributed by atoms with Gasteiger partial charge in [0.2, 0.25) is 11.8 Å². The van der Waals surface area contributed by atoms with Gasteiger partial charge < -0.3 is 15.4 Å². The molecule has 2 aliphatic rings. The van der Waals surface area contributed by atoms with Crippen LogP contribution in [-0.2, 0) is 21.2 Å². The second-order valence-corrected chi connectivity index (χ2v) is 11.4. The van der Waals surface area contributed by atoms with Gasteiger partial charge in [0, 0.05) is 38.7 Å².